The summed E-state index contributed by atoms with van der Waals surface area (Å²) in [5, 5.41) is 1.02. The van der Waals surface area contributed by atoms with Gasteiger partial charge in [0, 0.05) is 13.1 Å². The van der Waals surface area contributed by atoms with E-state index >= 15 is 0 Å². The number of rotatable bonds is 1. The summed E-state index contributed by atoms with van der Waals surface area (Å²) in [6, 6.07) is 0. The molecule has 0 atom stereocenters. The third-order valence-electron chi connectivity index (χ3n) is 1.87. The van der Waals surface area contributed by atoms with Gasteiger partial charge in [0.15, 0.2) is 0 Å². The van der Waals surface area contributed by atoms with Crippen molar-refractivity contribution >= 4 is 5.97 Å². The topological polar surface area (TPSA) is 29.5 Å². The predicted octanol–water partition coefficient (Wildman–Crippen LogP) is 1.66. The first-order valence-electron chi connectivity index (χ1n) is 4.10. The van der Waals surface area contributed by atoms with E-state index < -0.39 is 12.1 Å². The molecule has 6 heteroatoms. The van der Waals surface area contributed by atoms with E-state index in [-0.39, 0.29) is 13.1 Å². The molecule has 0 N–H and O–H groups in total. The second kappa shape index (κ2) is 4.00. The molecule has 0 bridgehead atoms. The van der Waals surface area contributed by atoms with Crippen LogP contribution in [0.4, 0.5) is 13.2 Å². The van der Waals surface area contributed by atoms with E-state index in [1.807, 2.05) is 0 Å². The van der Waals surface area contributed by atoms with Crippen LogP contribution in [0.1, 0.15) is 12.8 Å². The summed E-state index contributed by atoms with van der Waals surface area (Å²) in [7, 11) is 0. The van der Waals surface area contributed by atoms with Crippen molar-refractivity contribution in [3.05, 3.63) is 12.2 Å². The number of piperidine rings is 1. The van der Waals surface area contributed by atoms with Gasteiger partial charge in [0.25, 0.3) is 0 Å². The van der Waals surface area contributed by atoms with E-state index in [4.69, 9.17) is 0 Å². The predicted molar refractivity (Wildman–Crippen MR) is 42.1 cm³/mol. The standard InChI is InChI=1S/C8H10F3NO2/c1-6-2-4-12(5-3-6)14-7(13)8(9,10)11/h1-5H2. The summed E-state index contributed by atoms with van der Waals surface area (Å²) < 4.78 is 35.3. The van der Waals surface area contributed by atoms with Gasteiger partial charge in [0.2, 0.25) is 0 Å². The van der Waals surface area contributed by atoms with E-state index in [1.54, 1.807) is 0 Å². The molecule has 0 radical (unpaired) electrons. The van der Waals surface area contributed by atoms with E-state index in [2.05, 4.69) is 11.4 Å². The SMILES string of the molecule is C=C1CCN(OC(=O)C(F)(F)F)CC1. The van der Waals surface area contributed by atoms with Gasteiger partial charge >= 0.3 is 12.1 Å². The molecule has 0 unspecified atom stereocenters. The minimum atomic E-state index is -4.92. The Hall–Kier alpha value is -1.04. The van der Waals surface area contributed by atoms with Crippen LogP contribution in [-0.2, 0) is 9.63 Å². The van der Waals surface area contributed by atoms with Crippen LogP contribution in [0, 0.1) is 0 Å². The summed E-state index contributed by atoms with van der Waals surface area (Å²) in [5.41, 5.74) is 0.962. The van der Waals surface area contributed by atoms with Crippen LogP contribution in [-0.4, -0.2) is 30.3 Å². The summed E-state index contributed by atoms with van der Waals surface area (Å²) in [4.78, 5) is 14.5. The van der Waals surface area contributed by atoms with Crippen molar-refractivity contribution in [2.45, 2.75) is 19.0 Å². The summed E-state index contributed by atoms with van der Waals surface area (Å²) in [6.45, 7) is 4.24. The fraction of sp³-hybridized carbons (Fsp3) is 0.625. The average molecular weight is 209 g/mol. The first-order valence-corrected chi connectivity index (χ1v) is 4.10. The van der Waals surface area contributed by atoms with Gasteiger partial charge in [0.1, 0.15) is 0 Å². The van der Waals surface area contributed by atoms with Crippen molar-refractivity contribution in [3.63, 3.8) is 0 Å². The summed E-state index contributed by atoms with van der Waals surface area (Å²) >= 11 is 0. The molecule has 0 aromatic rings. The minimum Gasteiger partial charge on any atom is -0.361 e. The molecule has 3 nitrogen and oxygen atoms in total. The zero-order valence-corrected chi connectivity index (χ0v) is 7.43. The third kappa shape index (κ3) is 3.02. The molecule has 1 rings (SSSR count). The number of hydroxylamine groups is 2. The fourth-order valence-electron chi connectivity index (χ4n) is 1.06. The van der Waals surface area contributed by atoms with Gasteiger partial charge in [0.05, 0.1) is 0 Å². The zero-order valence-electron chi connectivity index (χ0n) is 7.43. The van der Waals surface area contributed by atoms with Gasteiger partial charge < -0.3 is 4.84 Å². The van der Waals surface area contributed by atoms with Crippen LogP contribution >= 0.6 is 0 Å². The van der Waals surface area contributed by atoms with Crippen molar-refractivity contribution in [1.82, 2.24) is 5.06 Å². The molecular formula is C8H10F3NO2. The summed E-state index contributed by atoms with van der Waals surface area (Å²) in [5.74, 6) is -2.16. The van der Waals surface area contributed by atoms with Crippen LogP contribution < -0.4 is 0 Å². The molecular weight excluding hydrogens is 199 g/mol. The van der Waals surface area contributed by atoms with Gasteiger partial charge in [-0.05, 0) is 12.8 Å². The van der Waals surface area contributed by atoms with E-state index in [0.29, 0.717) is 12.8 Å². The van der Waals surface area contributed by atoms with Crippen LogP contribution in [0.2, 0.25) is 0 Å². The number of carbonyl (C=O) groups excluding carboxylic acids is 1. The maximum Gasteiger partial charge on any atom is 0.492 e. The number of alkyl halides is 3. The first-order chi connectivity index (χ1) is 6.39. The highest BCUT2D eigenvalue weighted by molar-refractivity contribution is 5.75. The Kier molecular flexibility index (Phi) is 3.15. The van der Waals surface area contributed by atoms with E-state index in [0.717, 1.165) is 10.6 Å². The Labute approximate surface area is 79.1 Å². The maximum atomic E-state index is 11.8. The van der Waals surface area contributed by atoms with E-state index in [9.17, 15) is 18.0 Å². The Bertz CT molecular complexity index is 239. The molecule has 0 aliphatic carbocycles. The maximum absolute atomic E-state index is 11.8. The molecule has 0 aromatic heterocycles. The van der Waals surface area contributed by atoms with Gasteiger partial charge in [-0.2, -0.15) is 13.2 Å². The number of nitrogens with zero attached hydrogens (tertiary/aromatic N) is 1. The minimum absolute atomic E-state index is 0.278. The lowest BCUT2D eigenvalue weighted by Crippen LogP contribution is -2.38. The molecule has 0 saturated carbocycles. The highest BCUT2D eigenvalue weighted by atomic mass is 19.4. The van der Waals surface area contributed by atoms with Crippen molar-refractivity contribution < 1.29 is 22.8 Å². The monoisotopic (exact) mass is 209 g/mol. The molecule has 1 saturated heterocycles. The lowest BCUT2D eigenvalue weighted by molar-refractivity contribution is -0.239. The van der Waals surface area contributed by atoms with Gasteiger partial charge in [-0.25, -0.2) is 4.79 Å². The fourth-order valence-corrected chi connectivity index (χ4v) is 1.06. The molecule has 1 aliphatic heterocycles. The average Bonchev–Trinajstić information content (AvgIpc) is 2.07. The molecule has 1 fully saturated rings. The molecule has 0 spiro atoms. The Balaban J connectivity index is 2.38. The molecule has 80 valence electrons. The van der Waals surface area contributed by atoms with Crippen LogP contribution in [0.15, 0.2) is 12.2 Å². The molecule has 1 aliphatic rings. The van der Waals surface area contributed by atoms with E-state index in [1.165, 1.54) is 0 Å². The lowest BCUT2D eigenvalue weighted by atomic mass is 10.1. The molecule has 1 heterocycles. The van der Waals surface area contributed by atoms with Crippen LogP contribution in [0.5, 0.6) is 0 Å². The molecule has 0 aromatic carbocycles. The highest BCUT2D eigenvalue weighted by Gasteiger charge is 2.42. The number of carbonyl (C=O) groups is 1. The van der Waals surface area contributed by atoms with Gasteiger partial charge in [-0.15, -0.1) is 5.06 Å². The summed E-state index contributed by atoms with van der Waals surface area (Å²) in [6.07, 6.45) is -3.80. The van der Waals surface area contributed by atoms with Gasteiger partial charge in [-0.3, -0.25) is 0 Å². The number of hydrogen-bond donors (Lipinski definition) is 0. The zero-order chi connectivity index (χ0) is 10.8. The Morgan fingerprint density at radius 1 is 1.36 bits per heavy atom. The van der Waals surface area contributed by atoms with Crippen molar-refractivity contribution in [1.29, 1.82) is 0 Å². The second-order valence-electron chi connectivity index (χ2n) is 3.06. The van der Waals surface area contributed by atoms with Gasteiger partial charge in [-0.1, -0.05) is 12.2 Å². The van der Waals surface area contributed by atoms with Crippen molar-refractivity contribution in [3.8, 4) is 0 Å². The normalized spacial score (nSPS) is 19.5. The van der Waals surface area contributed by atoms with Crippen LogP contribution in [0.25, 0.3) is 0 Å². The first kappa shape index (κ1) is 11.0. The molecule has 0 amide bonds. The highest BCUT2D eigenvalue weighted by Crippen LogP contribution is 2.20. The quantitative estimate of drug-likeness (QED) is 0.615. The van der Waals surface area contributed by atoms with Crippen molar-refractivity contribution in [2.24, 2.45) is 0 Å². The largest absolute Gasteiger partial charge is 0.492 e. The number of halogens is 3. The molecule has 14 heavy (non-hydrogen) atoms. The second-order valence-corrected chi connectivity index (χ2v) is 3.06. The third-order valence-corrected chi connectivity index (χ3v) is 1.87. The lowest BCUT2D eigenvalue weighted by Gasteiger charge is -2.26. The Morgan fingerprint density at radius 3 is 2.29 bits per heavy atom. The Morgan fingerprint density at radius 2 is 1.86 bits per heavy atom. The number of hydrogen-bond acceptors (Lipinski definition) is 3. The smallest absolute Gasteiger partial charge is 0.361 e. The van der Waals surface area contributed by atoms with Crippen LogP contribution in [0.3, 0.4) is 0 Å². The van der Waals surface area contributed by atoms with Crippen molar-refractivity contribution in [2.75, 3.05) is 13.1 Å².